The molecule has 21 heavy (non-hydrogen) atoms. The molecule has 2 rings (SSSR count). The Bertz CT molecular complexity index is 664. The van der Waals surface area contributed by atoms with Gasteiger partial charge in [-0.15, -0.1) is 5.10 Å². The summed E-state index contributed by atoms with van der Waals surface area (Å²) < 4.78 is 1.59. The Morgan fingerprint density at radius 1 is 1.48 bits per heavy atom. The van der Waals surface area contributed by atoms with Crippen molar-refractivity contribution in [2.24, 2.45) is 5.73 Å². The van der Waals surface area contributed by atoms with Gasteiger partial charge in [0.2, 0.25) is 0 Å². The fourth-order valence-electron chi connectivity index (χ4n) is 2.03. The van der Waals surface area contributed by atoms with Gasteiger partial charge in [-0.25, -0.2) is 14.9 Å². The SMILES string of the molecule is CCC(N)Cc1cnc(Sc2n[nH]c(=O)n2CC)c(C)c1. The van der Waals surface area contributed by atoms with Crippen LogP contribution in [0.1, 0.15) is 31.4 Å². The Hall–Kier alpha value is -1.60. The van der Waals surface area contributed by atoms with Gasteiger partial charge in [0.05, 0.1) is 0 Å². The van der Waals surface area contributed by atoms with Crippen molar-refractivity contribution < 1.29 is 0 Å². The molecule has 0 aliphatic carbocycles. The van der Waals surface area contributed by atoms with Gasteiger partial charge in [-0.2, -0.15) is 0 Å². The van der Waals surface area contributed by atoms with E-state index in [2.05, 4.69) is 28.2 Å². The lowest BCUT2D eigenvalue weighted by Crippen LogP contribution is -2.21. The summed E-state index contributed by atoms with van der Waals surface area (Å²) in [7, 11) is 0. The molecule has 0 radical (unpaired) electrons. The molecule has 0 bridgehead atoms. The van der Waals surface area contributed by atoms with E-state index in [0.29, 0.717) is 11.7 Å². The third kappa shape index (κ3) is 3.74. The molecule has 0 amide bonds. The van der Waals surface area contributed by atoms with Crippen molar-refractivity contribution in [2.45, 2.75) is 56.4 Å². The number of H-pyrrole nitrogens is 1. The van der Waals surface area contributed by atoms with E-state index < -0.39 is 0 Å². The number of hydrogen-bond acceptors (Lipinski definition) is 5. The highest BCUT2D eigenvalue weighted by Crippen LogP contribution is 2.26. The van der Waals surface area contributed by atoms with Crippen LogP contribution in [0.4, 0.5) is 0 Å². The van der Waals surface area contributed by atoms with Gasteiger partial charge in [0.15, 0.2) is 5.16 Å². The molecule has 0 saturated heterocycles. The van der Waals surface area contributed by atoms with Crippen molar-refractivity contribution in [3.05, 3.63) is 33.9 Å². The van der Waals surface area contributed by atoms with Crippen molar-refractivity contribution in [3.8, 4) is 0 Å². The number of aromatic nitrogens is 4. The zero-order valence-electron chi connectivity index (χ0n) is 12.6. The molecule has 2 aromatic heterocycles. The Labute approximate surface area is 128 Å². The minimum atomic E-state index is -0.191. The molecule has 0 aromatic carbocycles. The normalized spacial score (nSPS) is 12.6. The molecule has 2 aromatic rings. The van der Waals surface area contributed by atoms with Crippen LogP contribution >= 0.6 is 11.8 Å². The van der Waals surface area contributed by atoms with Gasteiger partial charge in [-0.05, 0) is 49.6 Å². The van der Waals surface area contributed by atoms with Gasteiger partial charge >= 0.3 is 5.69 Å². The van der Waals surface area contributed by atoms with E-state index in [9.17, 15) is 4.79 Å². The zero-order valence-corrected chi connectivity index (χ0v) is 13.4. The molecule has 0 fully saturated rings. The summed E-state index contributed by atoms with van der Waals surface area (Å²) in [4.78, 5) is 16.0. The number of nitrogens with one attached hydrogen (secondary N) is 1. The molecule has 2 heterocycles. The van der Waals surface area contributed by atoms with Crippen molar-refractivity contribution in [3.63, 3.8) is 0 Å². The predicted octanol–water partition coefficient (Wildman–Crippen LogP) is 1.73. The van der Waals surface area contributed by atoms with E-state index in [-0.39, 0.29) is 11.7 Å². The minimum absolute atomic E-state index is 0.168. The van der Waals surface area contributed by atoms with E-state index in [1.165, 1.54) is 11.8 Å². The molecule has 0 saturated carbocycles. The topological polar surface area (TPSA) is 89.6 Å². The van der Waals surface area contributed by atoms with Crippen LogP contribution in [0, 0.1) is 6.92 Å². The number of aromatic amines is 1. The van der Waals surface area contributed by atoms with E-state index in [1.807, 2.05) is 20.0 Å². The maximum absolute atomic E-state index is 11.6. The van der Waals surface area contributed by atoms with E-state index >= 15 is 0 Å². The molecule has 1 unspecified atom stereocenters. The minimum Gasteiger partial charge on any atom is -0.327 e. The van der Waals surface area contributed by atoms with Crippen LogP contribution in [0.3, 0.4) is 0 Å². The first-order valence-electron chi connectivity index (χ1n) is 7.09. The van der Waals surface area contributed by atoms with Crippen LogP contribution in [0.5, 0.6) is 0 Å². The molecule has 7 heteroatoms. The molecule has 0 aliphatic heterocycles. The predicted molar refractivity (Wildman–Crippen MR) is 83.6 cm³/mol. The second kappa shape index (κ2) is 6.91. The van der Waals surface area contributed by atoms with Gasteiger partial charge in [-0.3, -0.25) is 4.57 Å². The maximum Gasteiger partial charge on any atom is 0.343 e. The van der Waals surface area contributed by atoms with Crippen molar-refractivity contribution in [1.82, 2.24) is 19.7 Å². The monoisotopic (exact) mass is 307 g/mol. The highest BCUT2D eigenvalue weighted by atomic mass is 32.2. The van der Waals surface area contributed by atoms with E-state index in [1.54, 1.807) is 4.57 Å². The van der Waals surface area contributed by atoms with Gasteiger partial charge in [-0.1, -0.05) is 13.0 Å². The number of nitrogens with two attached hydrogens (primary N) is 1. The van der Waals surface area contributed by atoms with Crippen molar-refractivity contribution in [2.75, 3.05) is 0 Å². The zero-order chi connectivity index (χ0) is 15.4. The lowest BCUT2D eigenvalue weighted by Gasteiger charge is -2.10. The number of aryl methyl sites for hydroxylation is 1. The summed E-state index contributed by atoms with van der Waals surface area (Å²) in [6.07, 6.45) is 3.63. The van der Waals surface area contributed by atoms with Crippen molar-refractivity contribution >= 4 is 11.8 Å². The van der Waals surface area contributed by atoms with Crippen LogP contribution in [0.15, 0.2) is 27.2 Å². The third-order valence-electron chi connectivity index (χ3n) is 3.34. The van der Waals surface area contributed by atoms with Crippen LogP contribution in [-0.4, -0.2) is 25.8 Å². The highest BCUT2D eigenvalue weighted by Gasteiger charge is 2.12. The van der Waals surface area contributed by atoms with Crippen molar-refractivity contribution in [1.29, 1.82) is 0 Å². The first kappa shape index (κ1) is 15.8. The number of rotatable bonds is 6. The summed E-state index contributed by atoms with van der Waals surface area (Å²) in [5, 5.41) is 7.99. The second-order valence-electron chi connectivity index (χ2n) is 5.00. The molecular formula is C14H21N5OS. The summed E-state index contributed by atoms with van der Waals surface area (Å²) >= 11 is 1.40. The largest absolute Gasteiger partial charge is 0.343 e. The molecule has 6 nitrogen and oxygen atoms in total. The average Bonchev–Trinajstić information content (AvgIpc) is 2.81. The summed E-state index contributed by atoms with van der Waals surface area (Å²) in [5.41, 5.74) is 7.99. The fraction of sp³-hybridized carbons (Fsp3) is 0.500. The van der Waals surface area contributed by atoms with Gasteiger partial charge < -0.3 is 5.73 Å². The number of nitrogens with zero attached hydrogens (tertiary/aromatic N) is 3. The van der Waals surface area contributed by atoms with E-state index in [4.69, 9.17) is 5.73 Å². The Morgan fingerprint density at radius 3 is 2.86 bits per heavy atom. The highest BCUT2D eigenvalue weighted by molar-refractivity contribution is 7.99. The molecule has 3 N–H and O–H groups in total. The molecule has 0 spiro atoms. The lowest BCUT2D eigenvalue weighted by atomic mass is 10.1. The van der Waals surface area contributed by atoms with E-state index in [0.717, 1.165) is 29.0 Å². The third-order valence-corrected chi connectivity index (χ3v) is 4.45. The maximum atomic E-state index is 11.6. The van der Waals surface area contributed by atoms with Gasteiger partial charge in [0, 0.05) is 18.8 Å². The second-order valence-corrected chi connectivity index (χ2v) is 5.95. The molecular weight excluding hydrogens is 286 g/mol. The van der Waals surface area contributed by atoms with Crippen LogP contribution in [-0.2, 0) is 13.0 Å². The molecule has 0 aliphatic rings. The molecule has 114 valence electrons. The van der Waals surface area contributed by atoms with Crippen LogP contribution < -0.4 is 11.4 Å². The quantitative estimate of drug-likeness (QED) is 0.848. The lowest BCUT2D eigenvalue weighted by molar-refractivity contribution is 0.643. The van der Waals surface area contributed by atoms with Gasteiger partial charge in [0.1, 0.15) is 5.03 Å². The Morgan fingerprint density at radius 2 is 2.24 bits per heavy atom. The number of pyridine rings is 1. The first-order chi connectivity index (χ1) is 10.0. The van der Waals surface area contributed by atoms with Crippen LogP contribution in [0.2, 0.25) is 0 Å². The van der Waals surface area contributed by atoms with Gasteiger partial charge in [0.25, 0.3) is 0 Å². The Kier molecular flexibility index (Phi) is 5.19. The van der Waals surface area contributed by atoms with Crippen LogP contribution in [0.25, 0.3) is 0 Å². The average molecular weight is 307 g/mol. The summed E-state index contributed by atoms with van der Waals surface area (Å²) in [6.45, 7) is 6.59. The Balaban J connectivity index is 2.19. The smallest absolute Gasteiger partial charge is 0.327 e. The fourth-order valence-corrected chi connectivity index (χ4v) is 2.94. The first-order valence-corrected chi connectivity index (χ1v) is 7.90. The summed E-state index contributed by atoms with van der Waals surface area (Å²) in [6, 6.07) is 2.27. The summed E-state index contributed by atoms with van der Waals surface area (Å²) in [5.74, 6) is 0. The molecule has 1 atom stereocenters. The number of hydrogen-bond donors (Lipinski definition) is 2. The standard InChI is InChI=1S/C14H21N5OS/c1-4-11(15)7-10-6-9(3)12(16-8-10)21-14-18-17-13(20)19(14)5-2/h6,8,11H,4-5,7,15H2,1-3H3,(H,17,20).